The van der Waals surface area contributed by atoms with E-state index in [9.17, 15) is 9.18 Å². The largest absolute Gasteiger partial charge is 0.481 e. The molecule has 1 rings (SSSR count). The van der Waals surface area contributed by atoms with Gasteiger partial charge < -0.3 is 5.11 Å². The van der Waals surface area contributed by atoms with Crippen LogP contribution in [-0.2, 0) is 16.5 Å². The second-order valence-corrected chi connectivity index (χ2v) is 3.72. The SMILES string of the molecule is O=C(O)Cc1cc(CBr)cc(Cl)c1F. The highest BCUT2D eigenvalue weighted by Crippen LogP contribution is 2.22. The van der Waals surface area contributed by atoms with E-state index in [1.165, 1.54) is 12.1 Å². The molecule has 0 atom stereocenters. The van der Waals surface area contributed by atoms with Crippen LogP contribution in [0.3, 0.4) is 0 Å². The fourth-order valence-electron chi connectivity index (χ4n) is 1.08. The third kappa shape index (κ3) is 2.69. The lowest BCUT2D eigenvalue weighted by Gasteiger charge is -2.04. The number of carboxylic acids is 1. The van der Waals surface area contributed by atoms with Crippen LogP contribution in [0.25, 0.3) is 0 Å². The monoisotopic (exact) mass is 280 g/mol. The van der Waals surface area contributed by atoms with Gasteiger partial charge in [0.1, 0.15) is 5.82 Å². The topological polar surface area (TPSA) is 37.3 Å². The fraction of sp³-hybridized carbons (Fsp3) is 0.222. The highest BCUT2D eigenvalue weighted by atomic mass is 79.9. The zero-order valence-corrected chi connectivity index (χ0v) is 9.40. The third-order valence-electron chi connectivity index (χ3n) is 1.66. The van der Waals surface area contributed by atoms with Crippen molar-refractivity contribution in [1.29, 1.82) is 0 Å². The molecule has 1 N–H and O–H groups in total. The number of hydrogen-bond acceptors (Lipinski definition) is 1. The summed E-state index contributed by atoms with van der Waals surface area (Å²) in [5, 5.41) is 8.99. The number of carboxylic acid groups (broad SMARTS) is 1. The molecule has 0 aliphatic rings. The lowest BCUT2D eigenvalue weighted by Crippen LogP contribution is -2.03. The molecule has 14 heavy (non-hydrogen) atoms. The van der Waals surface area contributed by atoms with E-state index in [0.717, 1.165) is 5.56 Å². The maximum absolute atomic E-state index is 13.3. The first kappa shape index (κ1) is 11.5. The molecule has 0 amide bonds. The smallest absolute Gasteiger partial charge is 0.307 e. The molecular formula is C9H7BrClFO2. The van der Waals surface area contributed by atoms with Crippen LogP contribution in [0.2, 0.25) is 5.02 Å². The summed E-state index contributed by atoms with van der Waals surface area (Å²) in [7, 11) is 0. The molecule has 76 valence electrons. The fourth-order valence-corrected chi connectivity index (χ4v) is 1.66. The number of carbonyl (C=O) groups is 1. The van der Waals surface area contributed by atoms with E-state index in [4.69, 9.17) is 16.7 Å². The summed E-state index contributed by atoms with van der Waals surface area (Å²) in [6.45, 7) is 0. The maximum atomic E-state index is 13.3. The van der Waals surface area contributed by atoms with Gasteiger partial charge in [0.15, 0.2) is 0 Å². The van der Waals surface area contributed by atoms with Crippen molar-refractivity contribution in [3.8, 4) is 0 Å². The Bertz CT molecular complexity index is 368. The Balaban J connectivity index is 3.13. The molecule has 5 heteroatoms. The Kier molecular flexibility index (Phi) is 3.89. The predicted octanol–water partition coefficient (Wildman–Crippen LogP) is 3.00. The summed E-state index contributed by atoms with van der Waals surface area (Å²) in [4.78, 5) is 10.4. The van der Waals surface area contributed by atoms with Gasteiger partial charge in [0.05, 0.1) is 11.4 Å². The first-order chi connectivity index (χ1) is 6.54. The summed E-state index contributed by atoms with van der Waals surface area (Å²) >= 11 is 8.78. The summed E-state index contributed by atoms with van der Waals surface area (Å²) < 4.78 is 13.3. The Morgan fingerprint density at radius 1 is 1.57 bits per heavy atom. The molecule has 0 saturated heterocycles. The third-order valence-corrected chi connectivity index (χ3v) is 2.58. The number of rotatable bonds is 3. The van der Waals surface area contributed by atoms with Gasteiger partial charge in [0.25, 0.3) is 0 Å². The van der Waals surface area contributed by atoms with Gasteiger partial charge in [0.2, 0.25) is 0 Å². The quantitative estimate of drug-likeness (QED) is 0.865. The summed E-state index contributed by atoms with van der Waals surface area (Å²) in [6, 6.07) is 2.96. The van der Waals surface area contributed by atoms with Gasteiger partial charge in [-0.1, -0.05) is 33.6 Å². The minimum atomic E-state index is -1.08. The molecule has 1 aromatic carbocycles. The molecule has 0 aliphatic heterocycles. The standard InChI is InChI=1S/C9H7BrClFO2/c10-4-5-1-6(3-8(13)14)9(12)7(11)2-5/h1-2H,3-4H2,(H,13,14). The second-order valence-electron chi connectivity index (χ2n) is 2.75. The highest BCUT2D eigenvalue weighted by molar-refractivity contribution is 9.08. The molecule has 0 unspecified atom stereocenters. The van der Waals surface area contributed by atoms with Crippen molar-refractivity contribution >= 4 is 33.5 Å². The number of aliphatic carboxylic acids is 1. The molecule has 0 heterocycles. The van der Waals surface area contributed by atoms with Gasteiger partial charge in [-0.15, -0.1) is 0 Å². The summed E-state index contributed by atoms with van der Waals surface area (Å²) in [6.07, 6.45) is -0.355. The minimum absolute atomic E-state index is 0.0433. The van der Waals surface area contributed by atoms with E-state index >= 15 is 0 Å². The molecule has 0 saturated carbocycles. The molecule has 0 aromatic heterocycles. The molecule has 1 aromatic rings. The number of benzene rings is 1. The maximum Gasteiger partial charge on any atom is 0.307 e. The lowest BCUT2D eigenvalue weighted by molar-refractivity contribution is -0.136. The average molecular weight is 282 g/mol. The molecule has 2 nitrogen and oxygen atoms in total. The van der Waals surface area contributed by atoms with Crippen LogP contribution in [0, 0.1) is 5.82 Å². The Morgan fingerprint density at radius 2 is 2.21 bits per heavy atom. The van der Waals surface area contributed by atoms with Crippen LogP contribution in [0.1, 0.15) is 11.1 Å². The first-order valence-electron chi connectivity index (χ1n) is 3.79. The van der Waals surface area contributed by atoms with Crippen molar-refractivity contribution < 1.29 is 14.3 Å². The van der Waals surface area contributed by atoms with E-state index < -0.39 is 11.8 Å². The zero-order valence-electron chi connectivity index (χ0n) is 7.06. The summed E-state index contributed by atoms with van der Waals surface area (Å²) in [5.41, 5.74) is 0.868. The molecule has 0 spiro atoms. The lowest BCUT2D eigenvalue weighted by atomic mass is 10.1. The molecule has 0 fully saturated rings. The van der Waals surface area contributed by atoms with Crippen LogP contribution in [0.5, 0.6) is 0 Å². The van der Waals surface area contributed by atoms with Crippen LogP contribution < -0.4 is 0 Å². The molecule has 0 aliphatic carbocycles. The first-order valence-corrected chi connectivity index (χ1v) is 5.29. The summed E-state index contributed by atoms with van der Waals surface area (Å²) in [5.74, 6) is -1.73. The Hall–Kier alpha value is -0.610. The van der Waals surface area contributed by atoms with Crippen molar-refractivity contribution in [3.63, 3.8) is 0 Å². The van der Waals surface area contributed by atoms with Gasteiger partial charge in [-0.2, -0.15) is 0 Å². The van der Waals surface area contributed by atoms with Crippen LogP contribution in [0.4, 0.5) is 4.39 Å². The average Bonchev–Trinajstić information content (AvgIpc) is 2.11. The van der Waals surface area contributed by atoms with Gasteiger partial charge in [-0.3, -0.25) is 4.79 Å². The zero-order chi connectivity index (χ0) is 10.7. The van der Waals surface area contributed by atoms with Crippen molar-refractivity contribution in [1.82, 2.24) is 0 Å². The van der Waals surface area contributed by atoms with E-state index in [2.05, 4.69) is 15.9 Å². The number of hydrogen-bond donors (Lipinski definition) is 1. The van der Waals surface area contributed by atoms with Crippen molar-refractivity contribution in [2.24, 2.45) is 0 Å². The molecular weight excluding hydrogens is 274 g/mol. The Morgan fingerprint density at radius 3 is 2.71 bits per heavy atom. The van der Waals surface area contributed by atoms with E-state index in [-0.39, 0.29) is 17.0 Å². The minimum Gasteiger partial charge on any atom is -0.481 e. The van der Waals surface area contributed by atoms with Crippen LogP contribution in [0.15, 0.2) is 12.1 Å². The van der Waals surface area contributed by atoms with E-state index in [0.29, 0.717) is 5.33 Å². The molecule has 0 radical (unpaired) electrons. The van der Waals surface area contributed by atoms with E-state index in [1.54, 1.807) is 0 Å². The van der Waals surface area contributed by atoms with Gasteiger partial charge in [-0.25, -0.2) is 4.39 Å². The Labute approximate surface area is 93.8 Å². The van der Waals surface area contributed by atoms with Gasteiger partial charge >= 0.3 is 5.97 Å². The highest BCUT2D eigenvalue weighted by Gasteiger charge is 2.11. The van der Waals surface area contributed by atoms with Crippen molar-refractivity contribution in [2.75, 3.05) is 0 Å². The van der Waals surface area contributed by atoms with Crippen molar-refractivity contribution in [3.05, 3.63) is 34.1 Å². The number of halogens is 3. The normalized spacial score (nSPS) is 10.2. The van der Waals surface area contributed by atoms with Crippen molar-refractivity contribution in [2.45, 2.75) is 11.8 Å². The van der Waals surface area contributed by atoms with Gasteiger partial charge in [0, 0.05) is 10.9 Å². The van der Waals surface area contributed by atoms with Crippen LogP contribution in [-0.4, -0.2) is 11.1 Å². The number of alkyl halides is 1. The van der Waals surface area contributed by atoms with Gasteiger partial charge in [-0.05, 0) is 11.6 Å². The van der Waals surface area contributed by atoms with E-state index in [1.807, 2.05) is 0 Å². The molecule has 0 bridgehead atoms. The predicted molar refractivity (Wildman–Crippen MR) is 55.4 cm³/mol. The van der Waals surface area contributed by atoms with Crippen LogP contribution >= 0.6 is 27.5 Å². The second kappa shape index (κ2) is 4.75.